The number of carbonyl (C=O) groups excluding carboxylic acids is 1. The first kappa shape index (κ1) is 17.0. The first-order valence-electron chi connectivity index (χ1n) is 7.22. The second-order valence-corrected chi connectivity index (χ2v) is 5.94. The number of hydrogen-bond acceptors (Lipinski definition) is 2. The summed E-state index contributed by atoms with van der Waals surface area (Å²) in [6.45, 7) is 2.84. The van der Waals surface area contributed by atoms with Crippen LogP contribution in [-0.2, 0) is 0 Å². The van der Waals surface area contributed by atoms with E-state index in [-0.39, 0.29) is 5.91 Å². The van der Waals surface area contributed by atoms with Crippen molar-refractivity contribution in [1.29, 1.82) is 0 Å². The molecule has 0 aromatic heterocycles. The summed E-state index contributed by atoms with van der Waals surface area (Å²) < 4.78 is 0.939. The Morgan fingerprint density at radius 3 is 2.65 bits per heavy atom. The Hall–Kier alpha value is -2.34. The van der Waals surface area contributed by atoms with Crippen molar-refractivity contribution >= 4 is 33.5 Å². The lowest BCUT2D eigenvalue weighted by atomic mass is 10.2. The summed E-state index contributed by atoms with van der Waals surface area (Å²) in [5, 5.41) is 5.82. The number of nitrogens with zero attached hydrogens (tertiary/aromatic N) is 1. The van der Waals surface area contributed by atoms with Crippen LogP contribution in [0.15, 0.2) is 58.0 Å². The Kier molecular flexibility index (Phi) is 6.17. The molecule has 0 unspecified atom stereocenters. The van der Waals surface area contributed by atoms with Gasteiger partial charge in [-0.15, -0.1) is 0 Å². The van der Waals surface area contributed by atoms with E-state index in [4.69, 9.17) is 5.73 Å². The Balaban J connectivity index is 1.77. The van der Waals surface area contributed by atoms with Crippen molar-refractivity contribution in [2.24, 2.45) is 10.7 Å². The van der Waals surface area contributed by atoms with Crippen LogP contribution in [0, 0.1) is 6.92 Å². The highest BCUT2D eigenvalue weighted by atomic mass is 79.9. The first-order valence-corrected chi connectivity index (χ1v) is 8.01. The third-order valence-electron chi connectivity index (χ3n) is 3.08. The molecule has 4 N–H and O–H groups in total. The van der Waals surface area contributed by atoms with Crippen LogP contribution in [0.4, 0.5) is 5.69 Å². The van der Waals surface area contributed by atoms with E-state index in [1.54, 1.807) is 12.1 Å². The van der Waals surface area contributed by atoms with Crippen molar-refractivity contribution in [1.82, 2.24) is 5.32 Å². The Bertz CT molecular complexity index is 698. The molecular weight excluding hydrogens is 356 g/mol. The summed E-state index contributed by atoms with van der Waals surface area (Å²) in [7, 11) is 0. The van der Waals surface area contributed by atoms with E-state index in [9.17, 15) is 4.79 Å². The Labute approximate surface area is 144 Å². The van der Waals surface area contributed by atoms with Crippen molar-refractivity contribution in [2.75, 3.05) is 18.4 Å². The summed E-state index contributed by atoms with van der Waals surface area (Å²) in [5.74, 6) is 0.200. The van der Waals surface area contributed by atoms with Gasteiger partial charge in [0.25, 0.3) is 5.91 Å². The minimum absolute atomic E-state index is 0.127. The normalized spacial score (nSPS) is 11.1. The van der Waals surface area contributed by atoms with Gasteiger partial charge in [0, 0.05) is 22.3 Å². The Morgan fingerprint density at radius 2 is 1.96 bits per heavy atom. The fourth-order valence-corrected chi connectivity index (χ4v) is 2.22. The number of nitrogens with one attached hydrogen (secondary N) is 2. The number of guanidine groups is 1. The number of aryl methyl sites for hydroxylation is 1. The molecule has 0 aliphatic carbocycles. The van der Waals surface area contributed by atoms with Crippen molar-refractivity contribution in [3.05, 3.63) is 64.1 Å². The van der Waals surface area contributed by atoms with E-state index in [2.05, 4.69) is 31.6 Å². The maximum absolute atomic E-state index is 11.9. The number of hydrogen-bond donors (Lipinski definition) is 3. The van der Waals surface area contributed by atoms with Gasteiger partial charge in [-0.2, -0.15) is 0 Å². The molecule has 0 aliphatic rings. The van der Waals surface area contributed by atoms with Gasteiger partial charge in [0.15, 0.2) is 5.96 Å². The van der Waals surface area contributed by atoms with Crippen molar-refractivity contribution < 1.29 is 4.79 Å². The molecule has 0 saturated carbocycles. The van der Waals surface area contributed by atoms with Crippen LogP contribution in [0.1, 0.15) is 15.9 Å². The van der Waals surface area contributed by atoms with Crippen LogP contribution in [0.2, 0.25) is 0 Å². The zero-order valence-corrected chi connectivity index (χ0v) is 14.4. The second-order valence-electron chi connectivity index (χ2n) is 5.02. The zero-order valence-electron chi connectivity index (χ0n) is 12.8. The molecule has 23 heavy (non-hydrogen) atoms. The van der Waals surface area contributed by atoms with Crippen molar-refractivity contribution in [2.45, 2.75) is 6.92 Å². The van der Waals surface area contributed by atoms with Crippen LogP contribution in [-0.4, -0.2) is 25.0 Å². The maximum atomic E-state index is 11.9. The van der Waals surface area contributed by atoms with Crippen LogP contribution in [0.3, 0.4) is 0 Å². The number of nitrogens with two attached hydrogens (primary N) is 1. The predicted molar refractivity (Wildman–Crippen MR) is 97.8 cm³/mol. The molecule has 2 aromatic carbocycles. The molecular formula is C17H19BrN4O. The summed E-state index contributed by atoms with van der Waals surface area (Å²) in [6, 6.07) is 15.0. The number of carbonyl (C=O) groups is 1. The largest absolute Gasteiger partial charge is 0.370 e. The molecule has 2 aromatic rings. The van der Waals surface area contributed by atoms with E-state index in [0.717, 1.165) is 15.7 Å². The maximum Gasteiger partial charge on any atom is 0.251 e. The SMILES string of the molecule is Cc1cccc(NC(N)=NCCNC(=O)c2ccc(Br)cc2)c1. The first-order chi connectivity index (χ1) is 11.0. The lowest BCUT2D eigenvalue weighted by Gasteiger charge is -2.07. The highest BCUT2D eigenvalue weighted by molar-refractivity contribution is 9.10. The van der Waals surface area contributed by atoms with Gasteiger partial charge in [-0.1, -0.05) is 28.1 Å². The number of halogens is 1. The van der Waals surface area contributed by atoms with Gasteiger partial charge < -0.3 is 16.4 Å². The second kappa shape index (κ2) is 8.33. The number of amides is 1. The van der Waals surface area contributed by atoms with E-state index < -0.39 is 0 Å². The van der Waals surface area contributed by atoms with Crippen LogP contribution >= 0.6 is 15.9 Å². The highest BCUT2D eigenvalue weighted by Gasteiger charge is 2.03. The molecule has 0 saturated heterocycles. The molecule has 0 aliphatic heterocycles. The monoisotopic (exact) mass is 374 g/mol. The number of aliphatic imine (C=N–C) groups is 1. The third-order valence-corrected chi connectivity index (χ3v) is 3.61. The number of anilines is 1. The molecule has 2 rings (SSSR count). The van der Waals surface area contributed by atoms with Gasteiger partial charge in [-0.25, -0.2) is 0 Å². The molecule has 0 atom stereocenters. The lowest BCUT2D eigenvalue weighted by Crippen LogP contribution is -2.28. The van der Waals surface area contributed by atoms with Crippen LogP contribution in [0.25, 0.3) is 0 Å². The summed E-state index contributed by atoms with van der Waals surface area (Å²) in [6.07, 6.45) is 0. The molecule has 1 amide bonds. The fourth-order valence-electron chi connectivity index (χ4n) is 1.96. The van der Waals surface area contributed by atoms with Gasteiger partial charge in [0.2, 0.25) is 0 Å². The zero-order chi connectivity index (χ0) is 16.7. The molecule has 0 spiro atoms. The van der Waals surface area contributed by atoms with Crippen molar-refractivity contribution in [3.8, 4) is 0 Å². The summed E-state index contributed by atoms with van der Waals surface area (Å²) in [5.41, 5.74) is 8.47. The van der Waals surface area contributed by atoms with Crippen molar-refractivity contribution in [3.63, 3.8) is 0 Å². The van der Waals surface area contributed by atoms with E-state index >= 15 is 0 Å². The summed E-state index contributed by atoms with van der Waals surface area (Å²) in [4.78, 5) is 16.1. The average molecular weight is 375 g/mol. The molecule has 0 bridgehead atoms. The van der Waals surface area contributed by atoms with Gasteiger partial charge in [0.1, 0.15) is 0 Å². The Morgan fingerprint density at radius 1 is 1.22 bits per heavy atom. The van der Waals surface area contributed by atoms with Gasteiger partial charge in [-0.05, 0) is 48.9 Å². The molecule has 5 nitrogen and oxygen atoms in total. The van der Waals surface area contributed by atoms with E-state index in [1.165, 1.54) is 0 Å². The van der Waals surface area contributed by atoms with Gasteiger partial charge in [-0.3, -0.25) is 9.79 Å². The van der Waals surface area contributed by atoms with Crippen LogP contribution < -0.4 is 16.4 Å². The summed E-state index contributed by atoms with van der Waals surface area (Å²) >= 11 is 3.34. The fraction of sp³-hybridized carbons (Fsp3) is 0.176. The average Bonchev–Trinajstić information content (AvgIpc) is 2.52. The topological polar surface area (TPSA) is 79.5 Å². The number of rotatable bonds is 5. The minimum Gasteiger partial charge on any atom is -0.370 e. The molecule has 6 heteroatoms. The van der Waals surface area contributed by atoms with E-state index in [1.807, 2.05) is 43.3 Å². The molecule has 0 heterocycles. The minimum atomic E-state index is -0.127. The van der Waals surface area contributed by atoms with Crippen LogP contribution in [0.5, 0.6) is 0 Å². The quantitative estimate of drug-likeness (QED) is 0.427. The molecule has 120 valence electrons. The predicted octanol–water partition coefficient (Wildman–Crippen LogP) is 2.91. The highest BCUT2D eigenvalue weighted by Crippen LogP contribution is 2.10. The number of benzene rings is 2. The molecule has 0 fully saturated rings. The van der Waals surface area contributed by atoms with Gasteiger partial charge >= 0.3 is 0 Å². The van der Waals surface area contributed by atoms with Gasteiger partial charge in [0.05, 0.1) is 6.54 Å². The standard InChI is InChI=1S/C17H19BrN4O/c1-12-3-2-4-15(11-12)22-17(19)21-10-9-20-16(23)13-5-7-14(18)8-6-13/h2-8,11H,9-10H2,1H3,(H,20,23)(H3,19,21,22). The lowest BCUT2D eigenvalue weighted by molar-refractivity contribution is 0.0955. The third kappa shape index (κ3) is 5.75. The van der Waals surface area contributed by atoms with E-state index in [0.29, 0.717) is 24.6 Å². The molecule has 0 radical (unpaired) electrons. The smallest absolute Gasteiger partial charge is 0.251 e.